The minimum absolute atomic E-state index is 0.0605. The molecule has 20 heavy (non-hydrogen) atoms. The van der Waals surface area contributed by atoms with Crippen molar-refractivity contribution >= 4 is 11.5 Å². The van der Waals surface area contributed by atoms with Gasteiger partial charge < -0.3 is 15.2 Å². The molecule has 3 N–H and O–H groups in total. The number of nitrogens with one attached hydrogen (secondary N) is 1. The number of nitrogens with zero attached hydrogens (tertiary/aromatic N) is 1. The Morgan fingerprint density at radius 1 is 1.50 bits per heavy atom. The number of hydrogen-bond acceptors (Lipinski definition) is 5. The predicted octanol–water partition coefficient (Wildman–Crippen LogP) is 2.33. The van der Waals surface area contributed by atoms with Crippen LogP contribution in [0.4, 0.5) is 5.69 Å². The number of nitrogens with two attached hydrogens (primary N) is 1. The standard InChI is InChI=1S/C13H19N3O4/c1-13(2,12(14)15)6-7-20-11-5-4-9(19-3)8-10(11)16(17)18/h4-5,8H,6-7H2,1-3H3,(H3,14,15). The summed E-state index contributed by atoms with van der Waals surface area (Å²) in [5, 5.41) is 18.4. The van der Waals surface area contributed by atoms with Crippen LogP contribution in [0.1, 0.15) is 20.3 Å². The van der Waals surface area contributed by atoms with E-state index in [9.17, 15) is 10.1 Å². The van der Waals surface area contributed by atoms with E-state index >= 15 is 0 Å². The molecule has 1 aromatic rings. The van der Waals surface area contributed by atoms with Gasteiger partial charge in [-0.05, 0) is 18.6 Å². The zero-order chi connectivity index (χ0) is 15.3. The summed E-state index contributed by atoms with van der Waals surface area (Å²) in [7, 11) is 1.44. The summed E-state index contributed by atoms with van der Waals surface area (Å²) in [6.07, 6.45) is 0.492. The van der Waals surface area contributed by atoms with Gasteiger partial charge in [0.25, 0.3) is 0 Å². The highest BCUT2D eigenvalue weighted by atomic mass is 16.6. The second-order valence-corrected chi connectivity index (χ2v) is 4.99. The first-order valence-electron chi connectivity index (χ1n) is 6.07. The number of benzene rings is 1. The average Bonchev–Trinajstić information content (AvgIpc) is 2.38. The van der Waals surface area contributed by atoms with E-state index < -0.39 is 10.3 Å². The van der Waals surface area contributed by atoms with Crippen LogP contribution in [0.3, 0.4) is 0 Å². The molecule has 0 unspecified atom stereocenters. The van der Waals surface area contributed by atoms with Gasteiger partial charge in [-0.3, -0.25) is 15.5 Å². The van der Waals surface area contributed by atoms with Gasteiger partial charge in [0.05, 0.1) is 30.5 Å². The zero-order valence-electron chi connectivity index (χ0n) is 11.8. The molecule has 0 saturated carbocycles. The Morgan fingerprint density at radius 3 is 2.65 bits per heavy atom. The summed E-state index contributed by atoms with van der Waals surface area (Å²) in [4.78, 5) is 10.5. The Morgan fingerprint density at radius 2 is 2.15 bits per heavy atom. The van der Waals surface area contributed by atoms with E-state index in [1.54, 1.807) is 6.07 Å². The maximum atomic E-state index is 11.0. The van der Waals surface area contributed by atoms with Crippen molar-refractivity contribution in [1.82, 2.24) is 0 Å². The number of rotatable bonds is 7. The van der Waals surface area contributed by atoms with E-state index in [-0.39, 0.29) is 23.9 Å². The average molecular weight is 281 g/mol. The Labute approximate surface area is 117 Å². The molecular weight excluding hydrogens is 262 g/mol. The third-order valence-corrected chi connectivity index (χ3v) is 3.08. The predicted molar refractivity (Wildman–Crippen MR) is 75.5 cm³/mol. The van der Waals surface area contributed by atoms with Crippen molar-refractivity contribution in [1.29, 1.82) is 5.41 Å². The molecule has 0 aliphatic carbocycles. The first kappa shape index (κ1) is 15.7. The molecule has 1 aromatic carbocycles. The fourth-order valence-electron chi connectivity index (χ4n) is 1.44. The van der Waals surface area contributed by atoms with Crippen LogP contribution in [0.25, 0.3) is 0 Å². The molecule has 110 valence electrons. The van der Waals surface area contributed by atoms with Gasteiger partial charge in [-0.2, -0.15) is 0 Å². The summed E-state index contributed by atoms with van der Waals surface area (Å²) in [6, 6.07) is 4.40. The lowest BCUT2D eigenvalue weighted by atomic mass is 9.88. The smallest absolute Gasteiger partial charge is 0.314 e. The first-order valence-corrected chi connectivity index (χ1v) is 6.07. The van der Waals surface area contributed by atoms with Gasteiger partial charge in [0.1, 0.15) is 5.75 Å². The number of amidine groups is 1. The highest BCUT2D eigenvalue weighted by Crippen LogP contribution is 2.31. The topological polar surface area (TPSA) is 111 Å². The van der Waals surface area contributed by atoms with Gasteiger partial charge in [-0.25, -0.2) is 0 Å². The molecule has 7 nitrogen and oxygen atoms in total. The van der Waals surface area contributed by atoms with E-state index in [4.69, 9.17) is 20.6 Å². The van der Waals surface area contributed by atoms with Crippen molar-refractivity contribution in [3.63, 3.8) is 0 Å². The quantitative estimate of drug-likeness (QED) is 0.345. The number of hydrogen-bond donors (Lipinski definition) is 2. The van der Waals surface area contributed by atoms with Crippen LogP contribution < -0.4 is 15.2 Å². The number of nitro benzene ring substituents is 1. The van der Waals surface area contributed by atoms with Gasteiger partial charge in [0.2, 0.25) is 0 Å². The largest absolute Gasteiger partial charge is 0.496 e. The number of ether oxygens (including phenoxy) is 2. The normalized spacial score (nSPS) is 10.9. The van der Waals surface area contributed by atoms with Gasteiger partial charge in [-0.15, -0.1) is 0 Å². The summed E-state index contributed by atoms with van der Waals surface area (Å²) in [6.45, 7) is 3.88. The molecule has 0 saturated heterocycles. The van der Waals surface area contributed by atoms with Crippen LogP contribution in [0.15, 0.2) is 18.2 Å². The summed E-state index contributed by atoms with van der Waals surface area (Å²) < 4.78 is 10.4. The molecule has 0 bridgehead atoms. The van der Waals surface area contributed by atoms with Crippen LogP contribution >= 0.6 is 0 Å². The van der Waals surface area contributed by atoms with E-state index in [1.165, 1.54) is 19.2 Å². The minimum Gasteiger partial charge on any atom is -0.496 e. The molecule has 0 spiro atoms. The molecular formula is C13H19N3O4. The molecule has 0 radical (unpaired) electrons. The maximum absolute atomic E-state index is 11.0. The summed E-state index contributed by atoms with van der Waals surface area (Å²) >= 11 is 0. The molecule has 0 fully saturated rings. The van der Waals surface area contributed by atoms with Gasteiger partial charge in [0.15, 0.2) is 5.75 Å². The summed E-state index contributed by atoms with van der Waals surface area (Å²) in [5.74, 6) is 0.633. The highest BCUT2D eigenvalue weighted by Gasteiger charge is 2.23. The van der Waals surface area contributed by atoms with E-state index in [0.29, 0.717) is 12.2 Å². The minimum atomic E-state index is -0.520. The van der Waals surface area contributed by atoms with E-state index in [2.05, 4.69) is 0 Å². The molecule has 1 rings (SSSR count). The van der Waals surface area contributed by atoms with E-state index in [0.717, 1.165) is 0 Å². The lowest BCUT2D eigenvalue weighted by molar-refractivity contribution is -0.386. The third kappa shape index (κ3) is 3.84. The molecule has 0 aliphatic rings. The zero-order valence-corrected chi connectivity index (χ0v) is 11.8. The van der Waals surface area contributed by atoms with Crippen LogP contribution in [0.5, 0.6) is 11.5 Å². The Hall–Kier alpha value is -2.31. The van der Waals surface area contributed by atoms with E-state index in [1.807, 2.05) is 13.8 Å². The second kappa shape index (κ2) is 6.23. The van der Waals surface area contributed by atoms with Gasteiger partial charge in [-0.1, -0.05) is 13.8 Å². The molecule has 7 heteroatoms. The Balaban J connectivity index is 2.78. The Bertz CT molecular complexity index is 514. The fraction of sp³-hybridized carbons (Fsp3) is 0.462. The van der Waals surface area contributed by atoms with Crippen molar-refractivity contribution in [3.8, 4) is 11.5 Å². The monoisotopic (exact) mass is 281 g/mol. The summed E-state index contributed by atoms with van der Waals surface area (Å²) in [5.41, 5.74) is 4.82. The van der Waals surface area contributed by atoms with Crippen molar-refractivity contribution in [2.24, 2.45) is 11.1 Å². The molecule has 0 aliphatic heterocycles. The molecule has 0 atom stereocenters. The maximum Gasteiger partial charge on any atom is 0.314 e. The van der Waals surface area contributed by atoms with Crippen LogP contribution in [0.2, 0.25) is 0 Å². The Kier molecular flexibility index (Phi) is 4.90. The number of nitro groups is 1. The van der Waals surface area contributed by atoms with Crippen molar-refractivity contribution < 1.29 is 14.4 Å². The van der Waals surface area contributed by atoms with Crippen molar-refractivity contribution in [2.75, 3.05) is 13.7 Å². The molecule has 0 heterocycles. The SMILES string of the molecule is COc1ccc(OCCC(C)(C)C(=N)N)c([N+](=O)[O-])c1. The molecule has 0 aromatic heterocycles. The van der Waals surface area contributed by atoms with Gasteiger partial charge in [0, 0.05) is 5.41 Å². The van der Waals surface area contributed by atoms with Crippen LogP contribution in [0, 0.1) is 20.9 Å². The van der Waals surface area contributed by atoms with Crippen LogP contribution in [-0.2, 0) is 0 Å². The van der Waals surface area contributed by atoms with Crippen molar-refractivity contribution in [3.05, 3.63) is 28.3 Å². The third-order valence-electron chi connectivity index (χ3n) is 3.08. The first-order chi connectivity index (χ1) is 9.27. The molecule has 0 amide bonds. The second-order valence-electron chi connectivity index (χ2n) is 4.99. The van der Waals surface area contributed by atoms with Crippen molar-refractivity contribution in [2.45, 2.75) is 20.3 Å². The van der Waals surface area contributed by atoms with Crippen LogP contribution in [-0.4, -0.2) is 24.5 Å². The van der Waals surface area contributed by atoms with Gasteiger partial charge >= 0.3 is 5.69 Å². The number of methoxy groups -OCH3 is 1. The lowest BCUT2D eigenvalue weighted by Gasteiger charge is -2.22. The highest BCUT2D eigenvalue weighted by molar-refractivity contribution is 5.82. The lowest BCUT2D eigenvalue weighted by Crippen LogP contribution is -2.32. The fourth-order valence-corrected chi connectivity index (χ4v) is 1.44.